The summed E-state index contributed by atoms with van der Waals surface area (Å²) in [5.41, 5.74) is 5.60. The Hall–Kier alpha value is -1.51. The number of hydrogen-bond donors (Lipinski definition) is 1. The van der Waals surface area contributed by atoms with Crippen molar-refractivity contribution in [2.75, 3.05) is 13.1 Å². The first kappa shape index (κ1) is 15.9. The van der Waals surface area contributed by atoms with E-state index in [1.54, 1.807) is 0 Å². The van der Waals surface area contributed by atoms with Crippen molar-refractivity contribution in [3.63, 3.8) is 0 Å². The van der Waals surface area contributed by atoms with Crippen molar-refractivity contribution < 1.29 is 13.3 Å². The first-order valence-electron chi connectivity index (χ1n) is 6.84. The van der Waals surface area contributed by atoms with Crippen LogP contribution in [0.2, 0.25) is 0 Å². The van der Waals surface area contributed by atoms with E-state index >= 15 is 0 Å². The monoisotopic (exact) mass is 313 g/mol. The maximum absolute atomic E-state index is 12.7. The highest BCUT2D eigenvalue weighted by atomic mass is 32.2. The summed E-state index contributed by atoms with van der Waals surface area (Å²) in [6.07, 6.45) is 1.75. The zero-order chi connectivity index (χ0) is 15.6. The predicted molar refractivity (Wildman–Crippen MR) is 78.2 cm³/mol. The second-order valence-corrected chi connectivity index (χ2v) is 7.18. The quantitative estimate of drug-likeness (QED) is 0.667. The first-order valence-corrected chi connectivity index (χ1v) is 8.28. The van der Waals surface area contributed by atoms with Crippen LogP contribution in [0.15, 0.2) is 29.2 Å². The zero-order valence-corrected chi connectivity index (χ0v) is 12.6. The summed E-state index contributed by atoms with van der Waals surface area (Å²) in [7, 11) is -3.67. The molecule has 1 fully saturated rings. The Morgan fingerprint density at radius 1 is 1.38 bits per heavy atom. The van der Waals surface area contributed by atoms with Crippen molar-refractivity contribution >= 4 is 15.7 Å². The van der Waals surface area contributed by atoms with Crippen molar-refractivity contribution in [2.24, 2.45) is 11.7 Å². The normalized spacial score (nSPS) is 23.9. The molecule has 7 nitrogen and oxygen atoms in total. The minimum absolute atomic E-state index is 0.0700. The average molecular weight is 313 g/mol. The van der Waals surface area contributed by atoms with Crippen LogP contribution in [-0.2, 0) is 10.0 Å². The van der Waals surface area contributed by atoms with Crippen LogP contribution in [0.4, 0.5) is 5.69 Å². The van der Waals surface area contributed by atoms with Gasteiger partial charge in [0.25, 0.3) is 5.69 Å². The van der Waals surface area contributed by atoms with Crippen LogP contribution in [0, 0.1) is 16.0 Å². The molecule has 0 unspecified atom stereocenters. The van der Waals surface area contributed by atoms with E-state index in [2.05, 4.69) is 0 Å². The van der Waals surface area contributed by atoms with Gasteiger partial charge in [0.1, 0.15) is 0 Å². The number of piperidine rings is 1. The Bertz CT molecular complexity index is 615. The molecule has 1 heterocycles. The molecule has 1 aliphatic rings. The number of non-ortho nitro benzene ring substituents is 1. The van der Waals surface area contributed by atoms with Crippen molar-refractivity contribution in [1.82, 2.24) is 4.31 Å². The van der Waals surface area contributed by atoms with Gasteiger partial charge >= 0.3 is 0 Å². The molecular weight excluding hydrogens is 294 g/mol. The largest absolute Gasteiger partial charge is 0.329 e. The Labute approximate surface area is 123 Å². The number of hydrogen-bond acceptors (Lipinski definition) is 5. The fraction of sp³-hybridized carbons (Fsp3) is 0.538. The van der Waals surface area contributed by atoms with Crippen molar-refractivity contribution in [3.8, 4) is 0 Å². The molecule has 2 rings (SSSR count). The topological polar surface area (TPSA) is 107 Å². The number of sulfonamides is 1. The van der Waals surface area contributed by atoms with E-state index in [4.69, 9.17) is 5.73 Å². The zero-order valence-electron chi connectivity index (χ0n) is 11.8. The molecule has 2 atom stereocenters. The molecular formula is C13H19N3O4S. The van der Waals surface area contributed by atoms with Gasteiger partial charge in [-0.3, -0.25) is 10.1 Å². The summed E-state index contributed by atoms with van der Waals surface area (Å²) in [6.45, 7) is 2.70. The molecule has 2 N–H and O–H groups in total. The molecule has 1 aromatic carbocycles. The molecule has 0 aromatic heterocycles. The average Bonchev–Trinajstić information content (AvgIpc) is 2.47. The van der Waals surface area contributed by atoms with Gasteiger partial charge < -0.3 is 5.73 Å². The van der Waals surface area contributed by atoms with Gasteiger partial charge in [-0.2, -0.15) is 4.31 Å². The van der Waals surface area contributed by atoms with Gasteiger partial charge in [-0.25, -0.2) is 8.42 Å². The highest BCUT2D eigenvalue weighted by molar-refractivity contribution is 7.89. The predicted octanol–water partition coefficient (Wildman–Crippen LogP) is 1.34. The van der Waals surface area contributed by atoms with Crippen molar-refractivity contribution in [3.05, 3.63) is 34.4 Å². The summed E-state index contributed by atoms with van der Waals surface area (Å²) in [4.78, 5) is 10.2. The lowest BCUT2D eigenvalue weighted by Crippen LogP contribution is -2.51. The number of nitro groups is 1. The molecule has 1 aliphatic heterocycles. The summed E-state index contributed by atoms with van der Waals surface area (Å²) >= 11 is 0. The van der Waals surface area contributed by atoms with Crippen LogP contribution in [-0.4, -0.2) is 36.8 Å². The SMILES string of the molecule is C[C@@H]1CCCN(S(=O)(=O)c2ccc([N+](=O)[O-])cc2)[C@@H]1CN. The van der Waals surface area contributed by atoms with Crippen LogP contribution in [0.3, 0.4) is 0 Å². The lowest BCUT2D eigenvalue weighted by Gasteiger charge is -2.38. The minimum atomic E-state index is -3.67. The number of rotatable bonds is 4. The van der Waals surface area contributed by atoms with E-state index in [-0.39, 0.29) is 29.1 Å². The number of nitro benzene ring substituents is 1. The number of benzene rings is 1. The molecule has 0 amide bonds. The van der Waals surface area contributed by atoms with Crippen LogP contribution in [0.25, 0.3) is 0 Å². The van der Waals surface area contributed by atoms with E-state index in [1.807, 2.05) is 6.92 Å². The van der Waals surface area contributed by atoms with Crippen molar-refractivity contribution in [1.29, 1.82) is 0 Å². The summed E-state index contributed by atoms with van der Waals surface area (Å²) in [5.74, 6) is 0.205. The molecule has 1 saturated heterocycles. The fourth-order valence-corrected chi connectivity index (χ4v) is 4.51. The molecule has 0 spiro atoms. The fourth-order valence-electron chi connectivity index (χ4n) is 2.73. The number of nitrogens with two attached hydrogens (primary N) is 1. The van der Waals surface area contributed by atoms with Crippen LogP contribution >= 0.6 is 0 Å². The molecule has 21 heavy (non-hydrogen) atoms. The maximum atomic E-state index is 12.7. The first-order chi connectivity index (χ1) is 9.87. The molecule has 8 heteroatoms. The van der Waals surface area contributed by atoms with Crippen LogP contribution in [0.1, 0.15) is 19.8 Å². The highest BCUT2D eigenvalue weighted by Crippen LogP contribution is 2.29. The van der Waals surface area contributed by atoms with Gasteiger partial charge in [0.15, 0.2) is 0 Å². The summed E-state index contributed by atoms with van der Waals surface area (Å²) in [6, 6.07) is 4.75. The molecule has 0 bridgehead atoms. The Morgan fingerprint density at radius 2 is 2.00 bits per heavy atom. The van der Waals surface area contributed by atoms with Crippen LogP contribution < -0.4 is 5.73 Å². The van der Waals surface area contributed by atoms with Gasteiger partial charge in [-0.05, 0) is 30.9 Å². The van der Waals surface area contributed by atoms with E-state index in [1.165, 1.54) is 28.6 Å². The lowest BCUT2D eigenvalue weighted by molar-refractivity contribution is -0.384. The lowest BCUT2D eigenvalue weighted by atomic mass is 9.93. The third-order valence-electron chi connectivity index (χ3n) is 3.96. The van der Waals surface area contributed by atoms with Gasteiger partial charge in [0.05, 0.1) is 9.82 Å². The summed E-state index contributed by atoms with van der Waals surface area (Å²) < 4.78 is 26.8. The molecule has 116 valence electrons. The third-order valence-corrected chi connectivity index (χ3v) is 5.90. The number of nitrogens with zero attached hydrogens (tertiary/aromatic N) is 2. The van der Waals surface area contributed by atoms with Gasteiger partial charge in [-0.1, -0.05) is 6.92 Å². The second kappa shape index (κ2) is 6.08. The van der Waals surface area contributed by atoms with Crippen molar-refractivity contribution in [2.45, 2.75) is 30.7 Å². The van der Waals surface area contributed by atoms with E-state index < -0.39 is 14.9 Å². The highest BCUT2D eigenvalue weighted by Gasteiger charge is 2.36. The van der Waals surface area contributed by atoms with Crippen LogP contribution in [0.5, 0.6) is 0 Å². The van der Waals surface area contributed by atoms with E-state index in [0.29, 0.717) is 6.54 Å². The third kappa shape index (κ3) is 3.07. The summed E-state index contributed by atoms with van der Waals surface area (Å²) in [5, 5.41) is 10.6. The standard InChI is InChI=1S/C13H19N3O4S/c1-10-3-2-8-15(13(10)9-14)21(19,20)12-6-4-11(5-7-12)16(17)18/h4-7,10,13H,2-3,8-9,14H2,1H3/t10-,13-/m1/s1. The molecule has 0 aliphatic carbocycles. The Kier molecular flexibility index (Phi) is 4.60. The smallest absolute Gasteiger partial charge is 0.269 e. The molecule has 1 aromatic rings. The Morgan fingerprint density at radius 3 is 2.52 bits per heavy atom. The van der Waals surface area contributed by atoms with Gasteiger partial charge in [0, 0.05) is 31.3 Å². The second-order valence-electron chi connectivity index (χ2n) is 5.29. The molecule has 0 radical (unpaired) electrons. The van der Waals surface area contributed by atoms with E-state index in [9.17, 15) is 18.5 Å². The van der Waals surface area contributed by atoms with Gasteiger partial charge in [0.2, 0.25) is 10.0 Å². The van der Waals surface area contributed by atoms with E-state index in [0.717, 1.165) is 12.8 Å². The maximum Gasteiger partial charge on any atom is 0.269 e. The Balaban J connectivity index is 2.34. The minimum Gasteiger partial charge on any atom is -0.329 e. The van der Waals surface area contributed by atoms with Gasteiger partial charge in [-0.15, -0.1) is 0 Å². The molecule has 0 saturated carbocycles.